The molecule has 0 atom stereocenters. The standard InChI is InChI=1S/C13H14BrN3O2.BrH/c14-10-3-1-2-9(13(10)18)11-8-12(16-19-11)17-6-4-15-5-7-17;/h1-3,8,15,18H,4-7H2;1H. The normalized spacial score (nSPS) is 14.9. The summed E-state index contributed by atoms with van der Waals surface area (Å²) < 4.78 is 5.99. The zero-order chi connectivity index (χ0) is 13.2. The van der Waals surface area contributed by atoms with Crippen LogP contribution in [-0.4, -0.2) is 36.4 Å². The smallest absolute Gasteiger partial charge is 0.172 e. The first kappa shape index (κ1) is 15.3. The van der Waals surface area contributed by atoms with Gasteiger partial charge in [0.1, 0.15) is 5.75 Å². The number of hydrogen-bond donors (Lipinski definition) is 2. The van der Waals surface area contributed by atoms with Crippen molar-refractivity contribution in [3.8, 4) is 17.1 Å². The topological polar surface area (TPSA) is 61.5 Å². The Kier molecular flexibility index (Phi) is 5.06. The Morgan fingerprint density at radius 1 is 1.30 bits per heavy atom. The fraction of sp³-hybridized carbons (Fsp3) is 0.308. The van der Waals surface area contributed by atoms with E-state index in [4.69, 9.17) is 4.52 Å². The van der Waals surface area contributed by atoms with Crippen LogP contribution in [0.4, 0.5) is 5.82 Å². The summed E-state index contributed by atoms with van der Waals surface area (Å²) >= 11 is 3.30. The van der Waals surface area contributed by atoms with E-state index in [9.17, 15) is 5.11 Å². The molecule has 1 fully saturated rings. The Labute approximate surface area is 135 Å². The van der Waals surface area contributed by atoms with E-state index in [-0.39, 0.29) is 22.7 Å². The van der Waals surface area contributed by atoms with Crippen LogP contribution in [0.5, 0.6) is 5.75 Å². The maximum atomic E-state index is 10.0. The number of halogens is 2. The molecule has 1 aromatic carbocycles. The zero-order valence-electron chi connectivity index (χ0n) is 10.7. The molecule has 0 unspecified atom stereocenters. The molecule has 7 heteroatoms. The van der Waals surface area contributed by atoms with Crippen LogP contribution in [0.1, 0.15) is 0 Å². The molecule has 0 amide bonds. The lowest BCUT2D eigenvalue weighted by Crippen LogP contribution is -2.43. The minimum Gasteiger partial charge on any atom is -0.506 e. The fourth-order valence-corrected chi connectivity index (χ4v) is 2.52. The summed E-state index contributed by atoms with van der Waals surface area (Å²) in [5, 5.41) is 17.4. The SMILES string of the molecule is Br.Oc1c(Br)cccc1-c1cc(N2CCNCC2)no1. The number of rotatable bonds is 2. The maximum Gasteiger partial charge on any atom is 0.172 e. The van der Waals surface area contributed by atoms with Crippen LogP contribution < -0.4 is 10.2 Å². The minimum atomic E-state index is 0. The Morgan fingerprint density at radius 2 is 2.05 bits per heavy atom. The lowest BCUT2D eigenvalue weighted by molar-refractivity contribution is 0.423. The number of phenols is 1. The first-order valence-corrected chi connectivity index (χ1v) is 6.95. The second-order valence-corrected chi connectivity index (χ2v) is 5.28. The van der Waals surface area contributed by atoms with Crippen molar-refractivity contribution in [2.75, 3.05) is 31.1 Å². The van der Waals surface area contributed by atoms with Crippen molar-refractivity contribution in [3.05, 3.63) is 28.7 Å². The summed E-state index contributed by atoms with van der Waals surface area (Å²) in [6.07, 6.45) is 0. The molecule has 2 N–H and O–H groups in total. The van der Waals surface area contributed by atoms with Gasteiger partial charge in [0, 0.05) is 32.2 Å². The van der Waals surface area contributed by atoms with Gasteiger partial charge in [0.15, 0.2) is 11.6 Å². The quantitative estimate of drug-likeness (QED) is 0.805. The average molecular weight is 405 g/mol. The second-order valence-electron chi connectivity index (χ2n) is 4.42. The van der Waals surface area contributed by atoms with Gasteiger partial charge >= 0.3 is 0 Å². The Morgan fingerprint density at radius 3 is 2.80 bits per heavy atom. The molecule has 3 rings (SSSR count). The van der Waals surface area contributed by atoms with Crippen LogP contribution in [0.25, 0.3) is 11.3 Å². The molecule has 0 spiro atoms. The molecule has 20 heavy (non-hydrogen) atoms. The number of hydrogen-bond acceptors (Lipinski definition) is 5. The highest BCUT2D eigenvalue weighted by atomic mass is 79.9. The van der Waals surface area contributed by atoms with Crippen molar-refractivity contribution in [3.63, 3.8) is 0 Å². The number of nitrogens with one attached hydrogen (secondary N) is 1. The molecule has 1 aliphatic rings. The molecule has 1 aliphatic heterocycles. The molecule has 1 aromatic heterocycles. The third-order valence-electron chi connectivity index (χ3n) is 3.19. The van der Waals surface area contributed by atoms with Crippen LogP contribution in [0.15, 0.2) is 33.3 Å². The van der Waals surface area contributed by atoms with Gasteiger partial charge in [0.2, 0.25) is 0 Å². The van der Waals surface area contributed by atoms with Crippen LogP contribution >= 0.6 is 32.9 Å². The number of phenolic OH excluding ortho intramolecular Hbond substituents is 1. The van der Waals surface area contributed by atoms with Crippen molar-refractivity contribution in [1.29, 1.82) is 0 Å². The highest BCUT2D eigenvalue weighted by molar-refractivity contribution is 9.10. The van der Waals surface area contributed by atoms with Gasteiger partial charge in [0.05, 0.1) is 10.0 Å². The van der Waals surface area contributed by atoms with E-state index in [2.05, 4.69) is 31.3 Å². The minimum absolute atomic E-state index is 0. The summed E-state index contributed by atoms with van der Waals surface area (Å²) in [7, 11) is 0. The lowest BCUT2D eigenvalue weighted by atomic mass is 10.1. The molecule has 2 heterocycles. The summed E-state index contributed by atoms with van der Waals surface area (Å²) in [6.45, 7) is 3.72. The molecule has 0 radical (unpaired) electrons. The molecule has 0 aliphatic carbocycles. The molecule has 0 bridgehead atoms. The van der Waals surface area contributed by atoms with Crippen LogP contribution in [0.2, 0.25) is 0 Å². The number of piperazine rings is 1. The number of para-hydroxylation sites is 1. The van der Waals surface area contributed by atoms with Gasteiger partial charge in [-0.15, -0.1) is 17.0 Å². The lowest BCUT2D eigenvalue weighted by Gasteiger charge is -2.26. The first-order chi connectivity index (χ1) is 9.25. The molecular formula is C13H15Br2N3O2. The summed E-state index contributed by atoms with van der Waals surface area (Å²) in [5.74, 6) is 1.56. The van der Waals surface area contributed by atoms with E-state index in [1.807, 2.05) is 18.2 Å². The Bertz CT molecular complexity index is 583. The van der Waals surface area contributed by atoms with Crippen molar-refractivity contribution in [1.82, 2.24) is 10.5 Å². The summed E-state index contributed by atoms with van der Waals surface area (Å²) in [6, 6.07) is 7.31. The van der Waals surface area contributed by atoms with Gasteiger partial charge in [-0.1, -0.05) is 11.2 Å². The third-order valence-corrected chi connectivity index (χ3v) is 3.83. The third kappa shape index (κ3) is 2.99. The van der Waals surface area contributed by atoms with Gasteiger partial charge < -0.3 is 19.8 Å². The number of nitrogens with zero attached hydrogens (tertiary/aromatic N) is 2. The van der Waals surface area contributed by atoms with E-state index >= 15 is 0 Å². The van der Waals surface area contributed by atoms with E-state index in [1.165, 1.54) is 0 Å². The number of anilines is 1. The summed E-state index contributed by atoms with van der Waals surface area (Å²) in [5.41, 5.74) is 0.642. The van der Waals surface area contributed by atoms with Crippen molar-refractivity contribution >= 4 is 38.7 Å². The van der Waals surface area contributed by atoms with E-state index in [1.54, 1.807) is 6.07 Å². The van der Waals surface area contributed by atoms with E-state index < -0.39 is 0 Å². The fourth-order valence-electron chi connectivity index (χ4n) is 2.15. The van der Waals surface area contributed by atoms with Crippen molar-refractivity contribution in [2.24, 2.45) is 0 Å². The highest BCUT2D eigenvalue weighted by Crippen LogP contribution is 2.36. The zero-order valence-corrected chi connectivity index (χ0v) is 14.0. The van der Waals surface area contributed by atoms with Crippen molar-refractivity contribution < 1.29 is 9.63 Å². The Hall–Kier alpha value is -1.05. The molecule has 1 saturated heterocycles. The van der Waals surface area contributed by atoms with E-state index in [0.29, 0.717) is 15.8 Å². The van der Waals surface area contributed by atoms with Crippen LogP contribution in [0.3, 0.4) is 0 Å². The average Bonchev–Trinajstić information content (AvgIpc) is 2.92. The number of aromatic nitrogens is 1. The maximum absolute atomic E-state index is 10.0. The Balaban J connectivity index is 0.00000147. The monoisotopic (exact) mass is 403 g/mol. The second kappa shape index (κ2) is 6.60. The summed E-state index contributed by atoms with van der Waals surface area (Å²) in [4.78, 5) is 2.17. The molecule has 5 nitrogen and oxygen atoms in total. The van der Waals surface area contributed by atoms with Crippen molar-refractivity contribution in [2.45, 2.75) is 0 Å². The largest absolute Gasteiger partial charge is 0.506 e. The molecule has 2 aromatic rings. The van der Waals surface area contributed by atoms with Crippen LogP contribution in [-0.2, 0) is 0 Å². The number of benzene rings is 1. The molecule has 0 saturated carbocycles. The van der Waals surface area contributed by atoms with Gasteiger partial charge in [-0.3, -0.25) is 0 Å². The van der Waals surface area contributed by atoms with E-state index in [0.717, 1.165) is 32.0 Å². The van der Waals surface area contributed by atoms with Gasteiger partial charge in [0.25, 0.3) is 0 Å². The van der Waals surface area contributed by atoms with Gasteiger partial charge in [-0.05, 0) is 28.1 Å². The van der Waals surface area contributed by atoms with Gasteiger partial charge in [-0.2, -0.15) is 0 Å². The molecule has 108 valence electrons. The molecular weight excluding hydrogens is 390 g/mol. The first-order valence-electron chi connectivity index (χ1n) is 6.16. The number of aromatic hydroxyl groups is 1. The van der Waals surface area contributed by atoms with Gasteiger partial charge in [-0.25, -0.2) is 0 Å². The predicted molar refractivity (Wildman–Crippen MR) is 86.7 cm³/mol. The predicted octanol–water partition coefficient (Wildman–Crippen LogP) is 2.80. The highest BCUT2D eigenvalue weighted by Gasteiger charge is 2.17. The van der Waals surface area contributed by atoms with Crippen LogP contribution in [0, 0.1) is 0 Å².